The molecule has 1 fully saturated rings. The summed E-state index contributed by atoms with van der Waals surface area (Å²) in [6.45, 7) is 1.43. The van der Waals surface area contributed by atoms with E-state index in [1.165, 1.54) is 0 Å². The Morgan fingerprint density at radius 2 is 2.07 bits per heavy atom. The summed E-state index contributed by atoms with van der Waals surface area (Å²) in [4.78, 5) is 13.8. The van der Waals surface area contributed by atoms with Crippen molar-refractivity contribution < 1.29 is 4.79 Å². The van der Waals surface area contributed by atoms with E-state index in [2.05, 4.69) is 11.4 Å². The smallest absolute Gasteiger partial charge is 0.240 e. The fraction of sp³-hybridized carbons (Fsp3) is 0.818. The molecule has 0 saturated heterocycles. The van der Waals surface area contributed by atoms with Gasteiger partial charge in [-0.15, -0.1) is 0 Å². The van der Waals surface area contributed by atoms with Gasteiger partial charge in [-0.05, 0) is 26.9 Å². The molecule has 1 aliphatic rings. The summed E-state index contributed by atoms with van der Waals surface area (Å²) in [7, 11) is 3.92. The van der Waals surface area contributed by atoms with E-state index < -0.39 is 5.41 Å². The van der Waals surface area contributed by atoms with Crippen molar-refractivity contribution in [3.63, 3.8) is 0 Å². The SMILES string of the molecule is CN(C)CCNC(=O)C1(C#N)CCCC1. The molecule has 1 rings (SSSR count). The number of nitriles is 1. The standard InChI is InChI=1S/C11H19N3O/c1-14(2)8-7-13-10(15)11(9-12)5-3-4-6-11/h3-8H2,1-2H3,(H,13,15). The number of hydrogen-bond donors (Lipinski definition) is 1. The van der Waals surface area contributed by atoms with Crippen LogP contribution in [-0.4, -0.2) is 38.0 Å². The first-order chi connectivity index (χ1) is 7.10. The molecule has 0 unspecified atom stereocenters. The minimum atomic E-state index is -0.730. The summed E-state index contributed by atoms with van der Waals surface area (Å²) in [5, 5.41) is 11.9. The van der Waals surface area contributed by atoms with Crippen molar-refractivity contribution in [3.05, 3.63) is 0 Å². The van der Waals surface area contributed by atoms with Crippen LogP contribution in [0.25, 0.3) is 0 Å². The summed E-state index contributed by atoms with van der Waals surface area (Å²) in [5.74, 6) is -0.0793. The maximum absolute atomic E-state index is 11.8. The molecule has 84 valence electrons. The van der Waals surface area contributed by atoms with Gasteiger partial charge in [0, 0.05) is 13.1 Å². The van der Waals surface area contributed by atoms with E-state index in [0.29, 0.717) is 6.54 Å². The zero-order valence-electron chi connectivity index (χ0n) is 9.55. The molecule has 0 heterocycles. The third-order valence-corrected chi connectivity index (χ3v) is 2.95. The second kappa shape index (κ2) is 5.13. The Kier molecular flexibility index (Phi) is 4.10. The molecule has 1 N–H and O–H groups in total. The van der Waals surface area contributed by atoms with Crippen LogP contribution in [0, 0.1) is 16.7 Å². The molecule has 1 saturated carbocycles. The highest BCUT2D eigenvalue weighted by molar-refractivity contribution is 5.85. The van der Waals surface area contributed by atoms with Crippen LogP contribution in [0.1, 0.15) is 25.7 Å². The van der Waals surface area contributed by atoms with Gasteiger partial charge in [0.2, 0.25) is 5.91 Å². The Labute approximate surface area is 91.2 Å². The van der Waals surface area contributed by atoms with Gasteiger partial charge < -0.3 is 10.2 Å². The summed E-state index contributed by atoms with van der Waals surface area (Å²) < 4.78 is 0. The molecule has 0 aromatic carbocycles. The number of hydrogen-bond acceptors (Lipinski definition) is 3. The molecular weight excluding hydrogens is 190 g/mol. The van der Waals surface area contributed by atoms with E-state index in [9.17, 15) is 4.79 Å². The first-order valence-corrected chi connectivity index (χ1v) is 5.45. The van der Waals surface area contributed by atoms with E-state index in [4.69, 9.17) is 5.26 Å². The number of amides is 1. The van der Waals surface area contributed by atoms with Crippen LogP contribution in [0.4, 0.5) is 0 Å². The molecule has 0 spiro atoms. The topological polar surface area (TPSA) is 56.1 Å². The Morgan fingerprint density at radius 3 is 2.53 bits per heavy atom. The van der Waals surface area contributed by atoms with Crippen LogP contribution in [0.3, 0.4) is 0 Å². The molecular formula is C11H19N3O. The van der Waals surface area contributed by atoms with Gasteiger partial charge in [-0.3, -0.25) is 4.79 Å². The first kappa shape index (κ1) is 12.0. The normalized spacial score (nSPS) is 18.8. The molecule has 1 amide bonds. The Bertz CT molecular complexity index is 261. The lowest BCUT2D eigenvalue weighted by Gasteiger charge is -2.20. The minimum absolute atomic E-state index is 0.0793. The summed E-state index contributed by atoms with van der Waals surface area (Å²) >= 11 is 0. The molecule has 0 bridgehead atoms. The van der Waals surface area contributed by atoms with Crippen molar-refractivity contribution in [1.29, 1.82) is 5.26 Å². The van der Waals surface area contributed by atoms with Crippen LogP contribution >= 0.6 is 0 Å². The monoisotopic (exact) mass is 209 g/mol. The van der Waals surface area contributed by atoms with E-state index in [-0.39, 0.29) is 5.91 Å². The molecule has 0 aromatic rings. The number of carbonyl (C=O) groups is 1. The van der Waals surface area contributed by atoms with Gasteiger partial charge in [0.05, 0.1) is 6.07 Å². The Balaban J connectivity index is 2.42. The Morgan fingerprint density at radius 1 is 1.47 bits per heavy atom. The fourth-order valence-electron chi connectivity index (χ4n) is 1.93. The number of carbonyl (C=O) groups excluding carboxylic acids is 1. The van der Waals surface area contributed by atoms with Crippen molar-refractivity contribution in [2.75, 3.05) is 27.2 Å². The van der Waals surface area contributed by atoms with Gasteiger partial charge in [-0.1, -0.05) is 12.8 Å². The highest BCUT2D eigenvalue weighted by atomic mass is 16.2. The molecule has 1 aliphatic carbocycles. The predicted molar refractivity (Wildman–Crippen MR) is 58.1 cm³/mol. The third kappa shape index (κ3) is 2.93. The number of likely N-dealkylation sites (N-methyl/N-ethyl adjacent to an activating group) is 1. The number of rotatable bonds is 4. The molecule has 0 aliphatic heterocycles. The quantitative estimate of drug-likeness (QED) is 0.743. The average molecular weight is 209 g/mol. The highest BCUT2D eigenvalue weighted by Gasteiger charge is 2.41. The van der Waals surface area contributed by atoms with Crippen LogP contribution in [0.2, 0.25) is 0 Å². The highest BCUT2D eigenvalue weighted by Crippen LogP contribution is 2.37. The van der Waals surface area contributed by atoms with E-state index in [1.807, 2.05) is 19.0 Å². The largest absolute Gasteiger partial charge is 0.353 e. The molecule has 0 aromatic heterocycles. The fourth-order valence-corrected chi connectivity index (χ4v) is 1.93. The van der Waals surface area contributed by atoms with Crippen molar-refractivity contribution in [2.24, 2.45) is 5.41 Å². The van der Waals surface area contributed by atoms with Crippen LogP contribution in [0.5, 0.6) is 0 Å². The van der Waals surface area contributed by atoms with Crippen molar-refractivity contribution in [3.8, 4) is 6.07 Å². The summed E-state index contributed by atoms with van der Waals surface area (Å²) in [6.07, 6.45) is 3.43. The number of nitrogens with one attached hydrogen (secondary N) is 1. The lowest BCUT2D eigenvalue weighted by Crippen LogP contribution is -2.41. The second-order valence-electron chi connectivity index (χ2n) is 4.46. The minimum Gasteiger partial charge on any atom is -0.353 e. The van der Waals surface area contributed by atoms with Crippen molar-refractivity contribution in [2.45, 2.75) is 25.7 Å². The van der Waals surface area contributed by atoms with Gasteiger partial charge >= 0.3 is 0 Å². The van der Waals surface area contributed by atoms with Crippen LogP contribution < -0.4 is 5.32 Å². The third-order valence-electron chi connectivity index (χ3n) is 2.95. The predicted octanol–water partition coefficient (Wildman–Crippen LogP) is 0.748. The zero-order valence-corrected chi connectivity index (χ0v) is 9.55. The number of nitrogens with zero attached hydrogens (tertiary/aromatic N) is 2. The average Bonchev–Trinajstić information content (AvgIpc) is 2.66. The van der Waals surface area contributed by atoms with Crippen LogP contribution in [-0.2, 0) is 4.79 Å². The van der Waals surface area contributed by atoms with Gasteiger partial charge in [0.15, 0.2) is 0 Å². The molecule has 4 nitrogen and oxygen atoms in total. The van der Waals surface area contributed by atoms with Gasteiger partial charge in [-0.25, -0.2) is 0 Å². The molecule has 4 heteroatoms. The van der Waals surface area contributed by atoms with E-state index in [0.717, 1.165) is 32.2 Å². The Hall–Kier alpha value is -1.08. The van der Waals surface area contributed by atoms with Gasteiger partial charge in [0.25, 0.3) is 0 Å². The van der Waals surface area contributed by atoms with Gasteiger partial charge in [0.1, 0.15) is 5.41 Å². The van der Waals surface area contributed by atoms with Crippen molar-refractivity contribution in [1.82, 2.24) is 10.2 Å². The second-order valence-corrected chi connectivity index (χ2v) is 4.46. The lowest BCUT2D eigenvalue weighted by molar-refractivity contribution is -0.127. The summed E-state index contributed by atoms with van der Waals surface area (Å²) in [6, 6.07) is 2.19. The summed E-state index contributed by atoms with van der Waals surface area (Å²) in [5.41, 5.74) is -0.730. The van der Waals surface area contributed by atoms with Crippen molar-refractivity contribution >= 4 is 5.91 Å². The first-order valence-electron chi connectivity index (χ1n) is 5.45. The van der Waals surface area contributed by atoms with E-state index >= 15 is 0 Å². The van der Waals surface area contributed by atoms with E-state index in [1.54, 1.807) is 0 Å². The molecule has 0 radical (unpaired) electrons. The zero-order chi connectivity index (χ0) is 11.3. The molecule has 15 heavy (non-hydrogen) atoms. The van der Waals surface area contributed by atoms with Gasteiger partial charge in [-0.2, -0.15) is 5.26 Å². The molecule has 0 atom stereocenters. The maximum atomic E-state index is 11.8. The van der Waals surface area contributed by atoms with Crippen LogP contribution in [0.15, 0.2) is 0 Å². The lowest BCUT2D eigenvalue weighted by atomic mass is 9.87. The maximum Gasteiger partial charge on any atom is 0.240 e.